The van der Waals surface area contributed by atoms with E-state index in [0.29, 0.717) is 19.1 Å². The number of amides is 2. The van der Waals surface area contributed by atoms with Crippen LogP contribution in [-0.4, -0.2) is 59.4 Å². The van der Waals surface area contributed by atoms with Gasteiger partial charge in [-0.3, -0.25) is 9.59 Å². The van der Waals surface area contributed by atoms with Gasteiger partial charge in [-0.2, -0.15) is 0 Å². The second kappa shape index (κ2) is 6.07. The zero-order chi connectivity index (χ0) is 16.7. The topological polar surface area (TPSA) is 56.8 Å². The molecule has 0 N–H and O–H groups in total. The van der Waals surface area contributed by atoms with E-state index in [4.69, 9.17) is 0 Å². The van der Waals surface area contributed by atoms with Gasteiger partial charge in [0.25, 0.3) is 0 Å². The smallest absolute Gasteiger partial charge is 0.243 e. The Labute approximate surface area is 142 Å². The Morgan fingerprint density at radius 3 is 2.83 bits per heavy atom. The molecular formula is C18H24N4O2. The first-order valence-electron chi connectivity index (χ1n) is 8.84. The molecule has 0 spiro atoms. The highest BCUT2D eigenvalue weighted by Gasteiger charge is 2.41. The first-order valence-corrected chi connectivity index (χ1v) is 8.84. The molecule has 2 aliphatic heterocycles. The Morgan fingerprint density at radius 2 is 2.12 bits per heavy atom. The van der Waals surface area contributed by atoms with Crippen LogP contribution < -0.4 is 4.90 Å². The monoisotopic (exact) mass is 328 g/mol. The number of aromatic nitrogens is 1. The van der Waals surface area contributed by atoms with E-state index in [0.717, 1.165) is 18.9 Å². The van der Waals surface area contributed by atoms with Gasteiger partial charge in [0.2, 0.25) is 11.8 Å². The summed E-state index contributed by atoms with van der Waals surface area (Å²) >= 11 is 0. The lowest BCUT2D eigenvalue weighted by Crippen LogP contribution is -2.39. The van der Waals surface area contributed by atoms with Crippen LogP contribution in [0.4, 0.5) is 5.82 Å². The molecule has 1 aromatic heterocycles. The quantitative estimate of drug-likeness (QED) is 0.833. The molecule has 0 bridgehead atoms. The van der Waals surface area contributed by atoms with Crippen molar-refractivity contribution in [1.82, 2.24) is 14.8 Å². The third-order valence-corrected chi connectivity index (χ3v) is 5.41. The van der Waals surface area contributed by atoms with Gasteiger partial charge >= 0.3 is 0 Å². The lowest BCUT2D eigenvalue weighted by molar-refractivity contribution is -0.136. The van der Waals surface area contributed by atoms with Crippen LogP contribution in [0.2, 0.25) is 0 Å². The number of hydrogen-bond acceptors (Lipinski definition) is 4. The molecule has 1 saturated carbocycles. The zero-order valence-electron chi connectivity index (χ0n) is 14.1. The fraction of sp³-hybridized carbons (Fsp3) is 0.611. The van der Waals surface area contributed by atoms with Gasteiger partial charge < -0.3 is 14.7 Å². The van der Waals surface area contributed by atoms with Crippen LogP contribution in [0.3, 0.4) is 0 Å². The molecule has 2 amide bonds. The van der Waals surface area contributed by atoms with Gasteiger partial charge in [-0.05, 0) is 36.8 Å². The van der Waals surface area contributed by atoms with Gasteiger partial charge in [-0.15, -0.1) is 0 Å². The number of nitrogens with zero attached hydrogens (tertiary/aromatic N) is 4. The van der Waals surface area contributed by atoms with Crippen molar-refractivity contribution < 1.29 is 9.59 Å². The van der Waals surface area contributed by atoms with Gasteiger partial charge in [0, 0.05) is 25.8 Å². The van der Waals surface area contributed by atoms with Crippen LogP contribution >= 0.6 is 0 Å². The molecule has 2 saturated heterocycles. The Balaban J connectivity index is 1.40. The highest BCUT2D eigenvalue weighted by molar-refractivity contribution is 5.89. The maximum Gasteiger partial charge on any atom is 0.243 e. The van der Waals surface area contributed by atoms with E-state index in [1.165, 1.54) is 12.8 Å². The summed E-state index contributed by atoms with van der Waals surface area (Å²) in [6, 6.07) is 5.85. The second-order valence-corrected chi connectivity index (χ2v) is 7.41. The van der Waals surface area contributed by atoms with Gasteiger partial charge in [0.05, 0.1) is 12.6 Å². The summed E-state index contributed by atoms with van der Waals surface area (Å²) in [6.07, 6.45) is 4.22. The summed E-state index contributed by atoms with van der Waals surface area (Å²) in [5, 5.41) is 0. The van der Waals surface area contributed by atoms with Crippen LogP contribution in [0.5, 0.6) is 0 Å². The molecule has 3 fully saturated rings. The Kier molecular flexibility index (Phi) is 3.90. The summed E-state index contributed by atoms with van der Waals surface area (Å²) in [4.78, 5) is 35.2. The van der Waals surface area contributed by atoms with Crippen molar-refractivity contribution in [3.8, 4) is 0 Å². The van der Waals surface area contributed by atoms with E-state index in [1.807, 2.05) is 23.1 Å². The third kappa shape index (κ3) is 2.97. The van der Waals surface area contributed by atoms with Crippen LogP contribution in [0, 0.1) is 17.8 Å². The zero-order valence-corrected chi connectivity index (χ0v) is 14.1. The summed E-state index contributed by atoms with van der Waals surface area (Å²) < 4.78 is 0. The van der Waals surface area contributed by atoms with E-state index >= 15 is 0 Å². The molecule has 0 aromatic carbocycles. The van der Waals surface area contributed by atoms with Crippen LogP contribution in [0.1, 0.15) is 19.8 Å². The van der Waals surface area contributed by atoms with E-state index in [2.05, 4.69) is 16.8 Å². The molecule has 2 atom stereocenters. The molecular weight excluding hydrogens is 304 g/mol. The number of hydrogen-bond donors (Lipinski definition) is 0. The normalized spacial score (nSPS) is 27.2. The Bertz CT molecular complexity index is 631. The Morgan fingerprint density at radius 1 is 1.29 bits per heavy atom. The van der Waals surface area contributed by atoms with E-state index < -0.39 is 0 Å². The molecule has 3 aliphatic rings. The molecule has 4 rings (SSSR count). The fourth-order valence-electron chi connectivity index (χ4n) is 3.77. The summed E-state index contributed by atoms with van der Waals surface area (Å²) in [7, 11) is 0. The predicted octanol–water partition coefficient (Wildman–Crippen LogP) is 1.19. The third-order valence-electron chi connectivity index (χ3n) is 5.41. The molecule has 1 aliphatic carbocycles. The SMILES string of the molecule is C[C@@H]1CN(c2ccccn2)C[C@H]1C(=O)N1CC(=O)N(CC2CC2)C1. The fourth-order valence-corrected chi connectivity index (χ4v) is 3.77. The lowest BCUT2D eigenvalue weighted by atomic mass is 9.97. The van der Waals surface area contributed by atoms with Gasteiger partial charge in [-0.1, -0.05) is 13.0 Å². The maximum atomic E-state index is 12.9. The summed E-state index contributed by atoms with van der Waals surface area (Å²) in [5.41, 5.74) is 0. The van der Waals surface area contributed by atoms with Gasteiger partial charge in [-0.25, -0.2) is 4.98 Å². The highest BCUT2D eigenvalue weighted by Crippen LogP contribution is 2.32. The van der Waals surface area contributed by atoms with Crippen molar-refractivity contribution in [3.63, 3.8) is 0 Å². The van der Waals surface area contributed by atoms with Crippen molar-refractivity contribution in [1.29, 1.82) is 0 Å². The van der Waals surface area contributed by atoms with Crippen molar-refractivity contribution in [2.45, 2.75) is 19.8 Å². The summed E-state index contributed by atoms with van der Waals surface area (Å²) in [6.45, 7) is 5.18. The molecule has 24 heavy (non-hydrogen) atoms. The number of carbonyl (C=O) groups excluding carboxylic acids is 2. The molecule has 0 radical (unpaired) electrons. The average molecular weight is 328 g/mol. The largest absolute Gasteiger partial charge is 0.356 e. The summed E-state index contributed by atoms with van der Waals surface area (Å²) in [5.74, 6) is 2.02. The van der Waals surface area contributed by atoms with Crippen molar-refractivity contribution in [2.24, 2.45) is 17.8 Å². The standard InChI is InChI=1S/C18H24N4O2/c1-13-8-20(16-4-2-3-7-19-16)10-15(13)18(24)22-11-17(23)21(12-22)9-14-5-6-14/h2-4,7,13-15H,5-6,8-12H2,1H3/t13-,15-/m1/s1. The highest BCUT2D eigenvalue weighted by atomic mass is 16.2. The molecule has 3 heterocycles. The second-order valence-electron chi connectivity index (χ2n) is 7.41. The van der Waals surface area contributed by atoms with E-state index in [9.17, 15) is 9.59 Å². The van der Waals surface area contributed by atoms with Crippen LogP contribution in [0.15, 0.2) is 24.4 Å². The van der Waals surface area contributed by atoms with Gasteiger partial charge in [0.1, 0.15) is 12.4 Å². The minimum atomic E-state index is -0.0549. The van der Waals surface area contributed by atoms with Crippen molar-refractivity contribution >= 4 is 17.6 Å². The molecule has 6 heteroatoms. The number of anilines is 1. The minimum Gasteiger partial charge on any atom is -0.356 e. The number of rotatable bonds is 4. The Hall–Kier alpha value is -2.11. The molecule has 6 nitrogen and oxygen atoms in total. The van der Waals surface area contributed by atoms with Crippen LogP contribution in [0.25, 0.3) is 0 Å². The predicted molar refractivity (Wildman–Crippen MR) is 90.1 cm³/mol. The lowest BCUT2D eigenvalue weighted by Gasteiger charge is -2.22. The first-order chi connectivity index (χ1) is 11.6. The number of carbonyl (C=O) groups is 2. The molecule has 128 valence electrons. The van der Waals surface area contributed by atoms with Crippen LogP contribution in [-0.2, 0) is 9.59 Å². The maximum absolute atomic E-state index is 12.9. The molecule has 1 aromatic rings. The van der Waals surface area contributed by atoms with E-state index in [-0.39, 0.29) is 30.2 Å². The minimum absolute atomic E-state index is 0.0549. The van der Waals surface area contributed by atoms with Crippen molar-refractivity contribution in [2.75, 3.05) is 37.7 Å². The van der Waals surface area contributed by atoms with E-state index in [1.54, 1.807) is 11.1 Å². The number of pyridine rings is 1. The van der Waals surface area contributed by atoms with Gasteiger partial charge in [0.15, 0.2) is 0 Å². The first kappa shape index (κ1) is 15.4. The molecule has 0 unspecified atom stereocenters. The van der Waals surface area contributed by atoms with Crippen molar-refractivity contribution in [3.05, 3.63) is 24.4 Å². The average Bonchev–Trinajstić information content (AvgIpc) is 3.21.